The van der Waals surface area contributed by atoms with Gasteiger partial charge in [0.2, 0.25) is 0 Å². The Bertz CT molecular complexity index is 671. The number of rotatable bonds is 4. The molecule has 0 saturated carbocycles. The molecule has 0 saturated heterocycles. The number of urea groups is 1. The number of carbonyl (C=O) groups excluding carboxylic acids is 2. The van der Waals surface area contributed by atoms with Gasteiger partial charge in [-0.2, -0.15) is 0 Å². The lowest BCUT2D eigenvalue weighted by Gasteiger charge is -2.09. The van der Waals surface area contributed by atoms with Gasteiger partial charge in [0.1, 0.15) is 0 Å². The molecule has 2 N–H and O–H groups in total. The summed E-state index contributed by atoms with van der Waals surface area (Å²) < 4.78 is 5.63. The molecule has 0 radical (unpaired) electrons. The zero-order valence-corrected chi connectivity index (χ0v) is 13.5. The van der Waals surface area contributed by atoms with Crippen LogP contribution in [-0.4, -0.2) is 19.1 Å². The third-order valence-electron chi connectivity index (χ3n) is 2.91. The zero-order chi connectivity index (χ0) is 15.9. The maximum Gasteiger partial charge on any atom is 0.337 e. The highest BCUT2D eigenvalue weighted by Crippen LogP contribution is 2.12. The molecule has 0 aromatic heterocycles. The van der Waals surface area contributed by atoms with Crippen molar-refractivity contribution in [2.45, 2.75) is 6.54 Å². The fourth-order valence-electron chi connectivity index (χ4n) is 1.80. The van der Waals surface area contributed by atoms with Crippen LogP contribution in [0.5, 0.6) is 0 Å². The normalized spacial score (nSPS) is 9.91. The van der Waals surface area contributed by atoms with Crippen LogP contribution in [0, 0.1) is 0 Å². The van der Waals surface area contributed by atoms with Crippen LogP contribution >= 0.6 is 15.9 Å². The van der Waals surface area contributed by atoms with E-state index in [1.54, 1.807) is 24.3 Å². The lowest BCUT2D eigenvalue weighted by Crippen LogP contribution is -2.28. The summed E-state index contributed by atoms with van der Waals surface area (Å²) >= 11 is 3.36. The van der Waals surface area contributed by atoms with Gasteiger partial charge in [0, 0.05) is 16.7 Å². The van der Waals surface area contributed by atoms with Crippen molar-refractivity contribution in [3.63, 3.8) is 0 Å². The fraction of sp³-hybridized carbons (Fsp3) is 0.125. The number of ether oxygens (including phenoxy) is 1. The number of hydrogen-bond donors (Lipinski definition) is 2. The molecule has 2 rings (SSSR count). The van der Waals surface area contributed by atoms with Crippen molar-refractivity contribution in [1.29, 1.82) is 0 Å². The van der Waals surface area contributed by atoms with Gasteiger partial charge in [0.25, 0.3) is 0 Å². The largest absolute Gasteiger partial charge is 0.465 e. The lowest BCUT2D eigenvalue weighted by atomic mass is 10.2. The molecule has 0 aliphatic carbocycles. The molecule has 2 aromatic carbocycles. The molecule has 0 bridgehead atoms. The molecule has 0 aliphatic heterocycles. The van der Waals surface area contributed by atoms with Crippen LogP contribution < -0.4 is 10.6 Å². The number of halogens is 1. The van der Waals surface area contributed by atoms with Crippen LogP contribution in [0.2, 0.25) is 0 Å². The average Bonchev–Trinajstić information content (AvgIpc) is 2.54. The van der Waals surface area contributed by atoms with Gasteiger partial charge in [-0.3, -0.25) is 0 Å². The molecule has 0 atom stereocenters. The van der Waals surface area contributed by atoms with E-state index in [0.717, 1.165) is 10.0 Å². The van der Waals surface area contributed by atoms with E-state index in [2.05, 4.69) is 31.3 Å². The van der Waals surface area contributed by atoms with E-state index >= 15 is 0 Å². The van der Waals surface area contributed by atoms with Gasteiger partial charge in [0.05, 0.1) is 12.7 Å². The van der Waals surface area contributed by atoms with E-state index in [4.69, 9.17) is 0 Å². The Kier molecular flexibility index (Phi) is 5.55. The van der Waals surface area contributed by atoms with Gasteiger partial charge in [0.15, 0.2) is 0 Å². The monoisotopic (exact) mass is 362 g/mol. The first-order chi connectivity index (χ1) is 10.6. The Labute approximate surface area is 136 Å². The van der Waals surface area contributed by atoms with Crippen molar-refractivity contribution in [3.8, 4) is 0 Å². The molecule has 114 valence electrons. The maximum atomic E-state index is 11.9. The molecule has 0 spiro atoms. The van der Waals surface area contributed by atoms with Gasteiger partial charge >= 0.3 is 12.0 Å². The highest BCUT2D eigenvalue weighted by Gasteiger charge is 2.07. The van der Waals surface area contributed by atoms with Crippen LogP contribution in [0.15, 0.2) is 53.0 Å². The maximum absolute atomic E-state index is 11.9. The Morgan fingerprint density at radius 3 is 2.55 bits per heavy atom. The number of amides is 2. The minimum absolute atomic E-state index is 0.343. The summed E-state index contributed by atoms with van der Waals surface area (Å²) in [5.41, 5.74) is 1.89. The molecule has 22 heavy (non-hydrogen) atoms. The molecule has 0 heterocycles. The number of anilines is 1. The van der Waals surface area contributed by atoms with E-state index in [1.807, 2.05) is 24.3 Å². The lowest BCUT2D eigenvalue weighted by molar-refractivity contribution is 0.0600. The van der Waals surface area contributed by atoms with Gasteiger partial charge in [-0.1, -0.05) is 34.1 Å². The van der Waals surface area contributed by atoms with Crippen molar-refractivity contribution < 1.29 is 14.3 Å². The molecule has 0 fully saturated rings. The third kappa shape index (κ3) is 4.60. The van der Waals surface area contributed by atoms with Crippen LogP contribution in [0.1, 0.15) is 15.9 Å². The van der Waals surface area contributed by atoms with Crippen molar-refractivity contribution in [1.82, 2.24) is 5.32 Å². The molecule has 2 aromatic rings. The summed E-state index contributed by atoms with van der Waals surface area (Å²) in [7, 11) is 1.31. The highest BCUT2D eigenvalue weighted by atomic mass is 79.9. The van der Waals surface area contributed by atoms with Crippen LogP contribution in [0.25, 0.3) is 0 Å². The van der Waals surface area contributed by atoms with Crippen LogP contribution in [-0.2, 0) is 11.3 Å². The van der Waals surface area contributed by atoms with Crippen molar-refractivity contribution >= 4 is 33.6 Å². The Morgan fingerprint density at radius 1 is 1.14 bits per heavy atom. The number of benzene rings is 2. The van der Waals surface area contributed by atoms with E-state index in [-0.39, 0.29) is 6.03 Å². The molecular weight excluding hydrogens is 348 g/mol. The SMILES string of the molecule is COC(=O)c1cccc(NC(=O)NCc2ccc(Br)cc2)c1. The number of nitrogens with one attached hydrogen (secondary N) is 2. The topological polar surface area (TPSA) is 67.4 Å². The average molecular weight is 363 g/mol. The first kappa shape index (κ1) is 16.0. The first-order valence-electron chi connectivity index (χ1n) is 6.56. The van der Waals surface area contributed by atoms with Gasteiger partial charge < -0.3 is 15.4 Å². The summed E-state index contributed by atoms with van der Waals surface area (Å²) in [6, 6.07) is 13.9. The number of methoxy groups -OCH3 is 1. The summed E-state index contributed by atoms with van der Waals surface area (Å²) in [6.07, 6.45) is 0. The number of carbonyl (C=O) groups is 2. The van der Waals surface area contributed by atoms with Gasteiger partial charge in [-0.05, 0) is 35.9 Å². The quantitative estimate of drug-likeness (QED) is 0.817. The summed E-state index contributed by atoms with van der Waals surface area (Å²) in [5, 5.41) is 5.42. The van der Waals surface area contributed by atoms with E-state index < -0.39 is 5.97 Å². The van der Waals surface area contributed by atoms with Crippen molar-refractivity contribution in [2.75, 3.05) is 12.4 Å². The van der Waals surface area contributed by atoms with Crippen LogP contribution in [0.3, 0.4) is 0 Å². The second kappa shape index (κ2) is 7.61. The predicted molar refractivity (Wildman–Crippen MR) is 87.8 cm³/mol. The second-order valence-electron chi connectivity index (χ2n) is 4.51. The van der Waals surface area contributed by atoms with Crippen molar-refractivity contribution in [3.05, 3.63) is 64.1 Å². The van der Waals surface area contributed by atoms with Crippen LogP contribution in [0.4, 0.5) is 10.5 Å². The zero-order valence-electron chi connectivity index (χ0n) is 11.9. The summed E-state index contributed by atoms with van der Waals surface area (Å²) in [6.45, 7) is 0.413. The van der Waals surface area contributed by atoms with Gasteiger partial charge in [-0.25, -0.2) is 9.59 Å². The molecule has 6 heteroatoms. The predicted octanol–water partition coefficient (Wildman–Crippen LogP) is 3.56. The highest BCUT2D eigenvalue weighted by molar-refractivity contribution is 9.10. The number of esters is 1. The number of hydrogen-bond acceptors (Lipinski definition) is 3. The van der Waals surface area contributed by atoms with E-state index in [0.29, 0.717) is 17.8 Å². The molecule has 5 nitrogen and oxygen atoms in total. The summed E-state index contributed by atoms with van der Waals surface area (Å²) in [4.78, 5) is 23.3. The molecule has 0 aliphatic rings. The minimum atomic E-state index is -0.445. The summed E-state index contributed by atoms with van der Waals surface area (Å²) in [5.74, 6) is -0.445. The smallest absolute Gasteiger partial charge is 0.337 e. The third-order valence-corrected chi connectivity index (χ3v) is 3.44. The second-order valence-corrected chi connectivity index (χ2v) is 5.42. The molecular formula is C16H15BrN2O3. The Hall–Kier alpha value is -2.34. The Morgan fingerprint density at radius 2 is 1.86 bits per heavy atom. The minimum Gasteiger partial charge on any atom is -0.465 e. The van der Waals surface area contributed by atoms with Gasteiger partial charge in [-0.15, -0.1) is 0 Å². The molecule has 2 amide bonds. The van der Waals surface area contributed by atoms with E-state index in [9.17, 15) is 9.59 Å². The fourth-order valence-corrected chi connectivity index (χ4v) is 2.07. The van der Waals surface area contributed by atoms with E-state index in [1.165, 1.54) is 7.11 Å². The Balaban J connectivity index is 1.91. The molecule has 0 unspecified atom stereocenters. The van der Waals surface area contributed by atoms with Crippen molar-refractivity contribution in [2.24, 2.45) is 0 Å². The standard InChI is InChI=1S/C16H15BrN2O3/c1-22-15(20)12-3-2-4-14(9-12)19-16(21)18-10-11-5-7-13(17)8-6-11/h2-9H,10H2,1H3,(H2,18,19,21). The first-order valence-corrected chi connectivity index (χ1v) is 7.35.